The molecule has 8 nitrogen and oxygen atoms in total. The number of nitrogens with zero attached hydrogens (tertiary/aromatic N) is 3. The van der Waals surface area contributed by atoms with Gasteiger partial charge in [0.15, 0.2) is 0 Å². The summed E-state index contributed by atoms with van der Waals surface area (Å²) in [5, 5.41) is 13.6. The molecule has 8 heteroatoms. The smallest absolute Gasteiger partial charge is 0.356 e. The first kappa shape index (κ1) is 17.2. The van der Waals surface area contributed by atoms with Crippen LogP contribution in [0.15, 0.2) is 42.9 Å². The van der Waals surface area contributed by atoms with E-state index in [0.29, 0.717) is 12.3 Å². The first-order valence-corrected chi connectivity index (χ1v) is 6.54. The second kappa shape index (κ2) is 8.40. The minimum absolute atomic E-state index is 0.0492. The van der Waals surface area contributed by atoms with Crippen LogP contribution in [-0.2, 0) is 4.74 Å². The maximum atomic E-state index is 11.8. The van der Waals surface area contributed by atoms with Crippen LogP contribution in [0.4, 0.5) is 0 Å². The van der Waals surface area contributed by atoms with Gasteiger partial charge in [-0.05, 0) is 19.4 Å². The lowest BCUT2D eigenvalue weighted by molar-refractivity contribution is -0.742. The molecule has 0 saturated carbocycles. The summed E-state index contributed by atoms with van der Waals surface area (Å²) in [5.41, 5.74) is 1.61. The van der Waals surface area contributed by atoms with Gasteiger partial charge in [-0.15, -0.1) is 10.1 Å². The number of hydrogen-bond donors (Lipinski definition) is 1. The molecule has 2 aromatic rings. The van der Waals surface area contributed by atoms with Gasteiger partial charge in [0.05, 0.1) is 25.2 Å². The van der Waals surface area contributed by atoms with Crippen LogP contribution in [-0.4, -0.2) is 32.4 Å². The van der Waals surface area contributed by atoms with Crippen LogP contribution in [0.3, 0.4) is 0 Å². The number of carbonyl (C=O) groups excluding carboxylic acids is 1. The van der Waals surface area contributed by atoms with E-state index in [4.69, 9.17) is 20.1 Å². The van der Waals surface area contributed by atoms with E-state index in [1.807, 2.05) is 41.8 Å². The van der Waals surface area contributed by atoms with Gasteiger partial charge in [0, 0.05) is 0 Å². The Morgan fingerprint density at radius 2 is 2.05 bits per heavy atom. The van der Waals surface area contributed by atoms with Crippen molar-refractivity contribution in [3.05, 3.63) is 64.2 Å². The average molecular weight is 307 g/mol. The molecular weight excluding hydrogens is 290 g/mol. The standard InChI is InChI=1S/C14H16N2O2.HNO3/c1-3-18-14(17)13-9-15-10-16(13)11(2)12-7-5-4-6-8-12;2-1(3)4/h4-11H,3H2,1-2H3;(H,2,3,4). The first-order chi connectivity index (χ1) is 10.5. The monoisotopic (exact) mass is 307 g/mol. The predicted molar refractivity (Wildman–Crippen MR) is 77.2 cm³/mol. The fourth-order valence-electron chi connectivity index (χ4n) is 1.87. The number of imidazole rings is 1. The lowest BCUT2D eigenvalue weighted by Gasteiger charge is -2.16. The summed E-state index contributed by atoms with van der Waals surface area (Å²) in [4.78, 5) is 24.2. The molecule has 0 fully saturated rings. The van der Waals surface area contributed by atoms with E-state index >= 15 is 0 Å². The average Bonchev–Trinajstić information content (AvgIpc) is 2.96. The second-order valence-corrected chi connectivity index (χ2v) is 4.23. The van der Waals surface area contributed by atoms with Crippen LogP contribution in [0.1, 0.15) is 35.9 Å². The van der Waals surface area contributed by atoms with E-state index < -0.39 is 5.09 Å². The zero-order chi connectivity index (χ0) is 16.5. The van der Waals surface area contributed by atoms with E-state index in [9.17, 15) is 4.79 Å². The lowest BCUT2D eigenvalue weighted by Crippen LogP contribution is -2.15. The molecule has 0 amide bonds. The van der Waals surface area contributed by atoms with Gasteiger partial charge >= 0.3 is 5.97 Å². The Kier molecular flexibility index (Phi) is 6.55. The molecular formula is C14H17N3O5. The zero-order valence-corrected chi connectivity index (χ0v) is 12.2. The van der Waals surface area contributed by atoms with Crippen molar-refractivity contribution in [3.63, 3.8) is 0 Å². The van der Waals surface area contributed by atoms with E-state index in [0.717, 1.165) is 5.56 Å². The predicted octanol–water partition coefficient (Wildman–Crippen LogP) is 2.32. The highest BCUT2D eigenvalue weighted by atomic mass is 16.9. The number of benzene rings is 1. The number of rotatable bonds is 4. The van der Waals surface area contributed by atoms with Crippen LogP contribution in [0, 0.1) is 10.1 Å². The van der Waals surface area contributed by atoms with Gasteiger partial charge in [0.2, 0.25) is 0 Å². The molecule has 1 aromatic carbocycles. The van der Waals surface area contributed by atoms with Crippen LogP contribution >= 0.6 is 0 Å². The molecule has 1 N–H and O–H groups in total. The highest BCUT2D eigenvalue weighted by molar-refractivity contribution is 5.87. The molecule has 0 radical (unpaired) electrons. The number of hydrogen-bond acceptors (Lipinski definition) is 5. The molecule has 0 aliphatic rings. The van der Waals surface area contributed by atoms with Gasteiger partial charge in [-0.3, -0.25) is 0 Å². The fourth-order valence-corrected chi connectivity index (χ4v) is 1.87. The number of aromatic nitrogens is 2. The molecule has 2 rings (SSSR count). The Balaban J connectivity index is 0.000000541. The highest BCUT2D eigenvalue weighted by Gasteiger charge is 2.17. The summed E-state index contributed by atoms with van der Waals surface area (Å²) in [6, 6.07) is 10.0. The fraction of sp³-hybridized carbons (Fsp3) is 0.286. The third-order valence-corrected chi connectivity index (χ3v) is 2.85. The zero-order valence-electron chi connectivity index (χ0n) is 12.2. The van der Waals surface area contributed by atoms with Crippen molar-refractivity contribution < 1.29 is 19.8 Å². The number of ether oxygens (including phenoxy) is 1. The molecule has 1 heterocycles. The third-order valence-electron chi connectivity index (χ3n) is 2.85. The second-order valence-electron chi connectivity index (χ2n) is 4.23. The van der Waals surface area contributed by atoms with Crippen LogP contribution < -0.4 is 0 Å². The number of carbonyl (C=O) groups is 1. The van der Waals surface area contributed by atoms with Crippen LogP contribution in [0.25, 0.3) is 0 Å². The van der Waals surface area contributed by atoms with Crippen molar-refractivity contribution in [2.24, 2.45) is 0 Å². The van der Waals surface area contributed by atoms with Crippen molar-refractivity contribution in [3.8, 4) is 0 Å². The Morgan fingerprint density at radius 1 is 1.45 bits per heavy atom. The summed E-state index contributed by atoms with van der Waals surface area (Å²) in [6.07, 6.45) is 3.20. The molecule has 1 atom stereocenters. The largest absolute Gasteiger partial charge is 0.461 e. The summed E-state index contributed by atoms with van der Waals surface area (Å²) in [7, 11) is 0. The Hall–Kier alpha value is -2.90. The van der Waals surface area contributed by atoms with Crippen molar-refractivity contribution >= 4 is 5.97 Å². The van der Waals surface area contributed by atoms with Gasteiger partial charge in [-0.1, -0.05) is 30.3 Å². The van der Waals surface area contributed by atoms with Crippen molar-refractivity contribution in [1.82, 2.24) is 9.55 Å². The van der Waals surface area contributed by atoms with Gasteiger partial charge in [0.25, 0.3) is 5.09 Å². The number of esters is 1. The molecule has 22 heavy (non-hydrogen) atoms. The van der Waals surface area contributed by atoms with Crippen molar-refractivity contribution in [2.75, 3.05) is 6.61 Å². The summed E-state index contributed by atoms with van der Waals surface area (Å²) in [6.45, 7) is 4.18. The maximum Gasteiger partial charge on any atom is 0.356 e. The van der Waals surface area contributed by atoms with Crippen LogP contribution in [0.5, 0.6) is 0 Å². The lowest BCUT2D eigenvalue weighted by atomic mass is 10.1. The molecule has 0 saturated heterocycles. The van der Waals surface area contributed by atoms with Gasteiger partial charge in [-0.25, -0.2) is 9.78 Å². The van der Waals surface area contributed by atoms with Crippen molar-refractivity contribution in [1.29, 1.82) is 0 Å². The van der Waals surface area contributed by atoms with Crippen molar-refractivity contribution in [2.45, 2.75) is 19.9 Å². The Bertz CT molecular complexity index is 608. The van der Waals surface area contributed by atoms with Gasteiger partial charge in [-0.2, -0.15) is 0 Å². The SMILES string of the molecule is CCOC(=O)c1cncn1C(C)c1ccccc1.O=[N+]([O-])O. The van der Waals surface area contributed by atoms with E-state index in [-0.39, 0.29) is 12.0 Å². The minimum atomic E-state index is -1.50. The Labute approximate surface area is 127 Å². The third kappa shape index (κ3) is 4.89. The maximum absolute atomic E-state index is 11.8. The molecule has 1 unspecified atom stereocenters. The summed E-state index contributed by atoms with van der Waals surface area (Å²) >= 11 is 0. The van der Waals surface area contributed by atoms with E-state index in [2.05, 4.69) is 4.98 Å². The molecule has 0 aliphatic carbocycles. The van der Waals surface area contributed by atoms with Gasteiger partial charge < -0.3 is 14.5 Å². The minimum Gasteiger partial charge on any atom is -0.461 e. The molecule has 0 spiro atoms. The topological polar surface area (TPSA) is 107 Å². The van der Waals surface area contributed by atoms with E-state index in [1.165, 1.54) is 6.20 Å². The molecule has 0 bridgehead atoms. The first-order valence-electron chi connectivity index (χ1n) is 6.54. The van der Waals surface area contributed by atoms with Crippen LogP contribution in [0.2, 0.25) is 0 Å². The quantitative estimate of drug-likeness (QED) is 0.527. The summed E-state index contributed by atoms with van der Waals surface area (Å²) in [5.74, 6) is -0.335. The van der Waals surface area contributed by atoms with Gasteiger partial charge in [0.1, 0.15) is 5.69 Å². The molecule has 0 aliphatic heterocycles. The molecule has 1 aromatic heterocycles. The van der Waals surface area contributed by atoms with E-state index in [1.54, 1.807) is 13.3 Å². The Morgan fingerprint density at radius 3 is 2.59 bits per heavy atom. The summed E-state index contributed by atoms with van der Waals surface area (Å²) < 4.78 is 6.84. The normalized spacial score (nSPS) is 11.0. The molecule has 118 valence electrons. The highest BCUT2D eigenvalue weighted by Crippen LogP contribution is 2.19.